The average Bonchev–Trinajstić information content (AvgIpc) is 2.90. The summed E-state index contributed by atoms with van der Waals surface area (Å²) in [4.78, 5) is 23.2. The van der Waals surface area contributed by atoms with Gasteiger partial charge in [-0.15, -0.1) is 0 Å². The fourth-order valence-corrected chi connectivity index (χ4v) is 1.98. The Labute approximate surface area is 122 Å². The van der Waals surface area contributed by atoms with Crippen molar-refractivity contribution in [1.82, 2.24) is 15.5 Å². The van der Waals surface area contributed by atoms with Crippen LogP contribution in [-0.2, 0) is 11.2 Å². The molecule has 0 aliphatic rings. The highest BCUT2D eigenvalue weighted by molar-refractivity contribution is 5.95. The molecule has 0 aliphatic carbocycles. The van der Waals surface area contributed by atoms with Crippen molar-refractivity contribution in [2.45, 2.75) is 25.8 Å². The Morgan fingerprint density at radius 3 is 2.62 bits per heavy atom. The van der Waals surface area contributed by atoms with Gasteiger partial charge < -0.3 is 10.4 Å². The van der Waals surface area contributed by atoms with E-state index in [0.29, 0.717) is 12.8 Å². The van der Waals surface area contributed by atoms with E-state index in [2.05, 4.69) is 15.5 Å². The molecule has 1 heterocycles. The van der Waals surface area contributed by atoms with E-state index < -0.39 is 17.9 Å². The van der Waals surface area contributed by atoms with Crippen molar-refractivity contribution in [3.63, 3.8) is 0 Å². The van der Waals surface area contributed by atoms with Crippen LogP contribution < -0.4 is 5.32 Å². The molecule has 110 valence electrons. The minimum atomic E-state index is -1.05. The summed E-state index contributed by atoms with van der Waals surface area (Å²) in [6.07, 6.45) is 0.909. The van der Waals surface area contributed by atoms with Gasteiger partial charge in [-0.05, 0) is 31.4 Å². The zero-order valence-corrected chi connectivity index (χ0v) is 11.7. The first kappa shape index (κ1) is 14.8. The minimum Gasteiger partial charge on any atom is -0.480 e. The smallest absolute Gasteiger partial charge is 0.326 e. The number of carboxylic acid groups (broad SMARTS) is 1. The fourth-order valence-electron chi connectivity index (χ4n) is 1.98. The first-order valence-corrected chi connectivity index (χ1v) is 6.66. The third kappa shape index (κ3) is 4.17. The van der Waals surface area contributed by atoms with Crippen LogP contribution in [0.15, 0.2) is 36.4 Å². The van der Waals surface area contributed by atoms with Crippen LogP contribution in [0.25, 0.3) is 0 Å². The summed E-state index contributed by atoms with van der Waals surface area (Å²) in [5.41, 5.74) is 1.98. The van der Waals surface area contributed by atoms with E-state index in [1.54, 1.807) is 13.0 Å². The van der Waals surface area contributed by atoms with Gasteiger partial charge in [0.25, 0.3) is 5.91 Å². The monoisotopic (exact) mass is 287 g/mol. The number of carbonyl (C=O) groups is 2. The number of carboxylic acids is 1. The maximum absolute atomic E-state index is 11.9. The lowest BCUT2D eigenvalue weighted by atomic mass is 10.1. The SMILES string of the molecule is Cc1cc(C(=O)NC(CCc2ccccc2)C(=O)O)n[nH]1. The molecule has 21 heavy (non-hydrogen) atoms. The molecule has 1 atom stereocenters. The minimum absolute atomic E-state index is 0.193. The lowest BCUT2D eigenvalue weighted by Gasteiger charge is -2.13. The molecule has 0 saturated heterocycles. The molecule has 0 radical (unpaired) electrons. The predicted octanol–water partition coefficient (Wildman–Crippen LogP) is 1.53. The molecule has 0 fully saturated rings. The Kier molecular flexibility index (Phi) is 4.71. The van der Waals surface area contributed by atoms with Gasteiger partial charge in [-0.2, -0.15) is 5.10 Å². The molecule has 6 heteroatoms. The molecule has 0 aliphatic heterocycles. The number of aromatic amines is 1. The number of carbonyl (C=O) groups excluding carboxylic acids is 1. The second-order valence-corrected chi connectivity index (χ2v) is 4.82. The van der Waals surface area contributed by atoms with Crippen LogP contribution >= 0.6 is 0 Å². The zero-order chi connectivity index (χ0) is 15.2. The first-order valence-electron chi connectivity index (χ1n) is 6.66. The Balaban J connectivity index is 1.96. The number of rotatable bonds is 6. The summed E-state index contributed by atoms with van der Waals surface area (Å²) >= 11 is 0. The molecule has 2 rings (SSSR count). The largest absolute Gasteiger partial charge is 0.480 e. The van der Waals surface area contributed by atoms with Crippen molar-refractivity contribution in [2.24, 2.45) is 0 Å². The van der Waals surface area contributed by atoms with Gasteiger partial charge in [-0.25, -0.2) is 4.79 Å². The van der Waals surface area contributed by atoms with Crippen LogP contribution in [0.1, 0.15) is 28.2 Å². The van der Waals surface area contributed by atoms with Crippen LogP contribution in [0, 0.1) is 6.92 Å². The van der Waals surface area contributed by atoms with Gasteiger partial charge in [0.1, 0.15) is 11.7 Å². The molecule has 2 aromatic rings. The number of aliphatic carboxylic acids is 1. The van der Waals surface area contributed by atoms with Crippen molar-refractivity contribution < 1.29 is 14.7 Å². The van der Waals surface area contributed by atoms with Crippen molar-refractivity contribution in [3.05, 3.63) is 53.3 Å². The van der Waals surface area contributed by atoms with E-state index in [4.69, 9.17) is 0 Å². The van der Waals surface area contributed by atoms with E-state index in [0.717, 1.165) is 11.3 Å². The second-order valence-electron chi connectivity index (χ2n) is 4.82. The van der Waals surface area contributed by atoms with Crippen LogP contribution in [0.5, 0.6) is 0 Å². The van der Waals surface area contributed by atoms with Crippen molar-refractivity contribution in [3.8, 4) is 0 Å². The second kappa shape index (κ2) is 6.69. The van der Waals surface area contributed by atoms with Crippen LogP contribution in [0.3, 0.4) is 0 Å². The predicted molar refractivity (Wildman–Crippen MR) is 77.0 cm³/mol. The first-order chi connectivity index (χ1) is 10.1. The molecular formula is C15H17N3O3. The van der Waals surface area contributed by atoms with Gasteiger partial charge in [0.15, 0.2) is 0 Å². The van der Waals surface area contributed by atoms with Gasteiger partial charge >= 0.3 is 5.97 Å². The van der Waals surface area contributed by atoms with Gasteiger partial charge in [0, 0.05) is 5.69 Å². The average molecular weight is 287 g/mol. The molecule has 1 unspecified atom stereocenters. The molecule has 3 N–H and O–H groups in total. The summed E-state index contributed by atoms with van der Waals surface area (Å²) < 4.78 is 0. The number of hydrogen-bond donors (Lipinski definition) is 3. The number of amides is 1. The van der Waals surface area contributed by atoms with Crippen LogP contribution in [0.4, 0.5) is 0 Å². The van der Waals surface area contributed by atoms with Crippen molar-refractivity contribution >= 4 is 11.9 Å². The molecule has 1 aromatic carbocycles. The highest BCUT2D eigenvalue weighted by Gasteiger charge is 2.21. The highest BCUT2D eigenvalue weighted by Crippen LogP contribution is 2.06. The molecule has 0 saturated carbocycles. The molecule has 6 nitrogen and oxygen atoms in total. The summed E-state index contributed by atoms with van der Waals surface area (Å²) in [5, 5.41) is 18.2. The molecule has 0 bridgehead atoms. The normalized spacial score (nSPS) is 11.9. The van der Waals surface area contributed by atoms with E-state index in [-0.39, 0.29) is 5.69 Å². The molecule has 1 aromatic heterocycles. The van der Waals surface area contributed by atoms with Gasteiger partial charge in [0.05, 0.1) is 0 Å². The Hall–Kier alpha value is -2.63. The lowest BCUT2D eigenvalue weighted by Crippen LogP contribution is -2.41. The summed E-state index contributed by atoms with van der Waals surface area (Å²) in [5.74, 6) is -1.54. The van der Waals surface area contributed by atoms with Crippen LogP contribution in [-0.4, -0.2) is 33.2 Å². The Bertz CT molecular complexity index is 622. The van der Waals surface area contributed by atoms with Crippen molar-refractivity contribution in [1.29, 1.82) is 0 Å². The number of nitrogens with one attached hydrogen (secondary N) is 2. The number of H-pyrrole nitrogens is 1. The number of aromatic nitrogens is 2. The quantitative estimate of drug-likeness (QED) is 0.751. The maximum Gasteiger partial charge on any atom is 0.326 e. The third-order valence-corrected chi connectivity index (χ3v) is 3.11. The van der Waals surface area contributed by atoms with Crippen LogP contribution in [0.2, 0.25) is 0 Å². The summed E-state index contributed by atoms with van der Waals surface area (Å²) in [6.45, 7) is 1.77. The topological polar surface area (TPSA) is 95.1 Å². The van der Waals surface area contributed by atoms with E-state index in [1.165, 1.54) is 0 Å². The zero-order valence-electron chi connectivity index (χ0n) is 11.7. The summed E-state index contributed by atoms with van der Waals surface area (Å²) in [7, 11) is 0. The number of benzene rings is 1. The number of hydrogen-bond acceptors (Lipinski definition) is 3. The van der Waals surface area contributed by atoms with Gasteiger partial charge in [-0.3, -0.25) is 9.89 Å². The molecular weight excluding hydrogens is 270 g/mol. The summed E-state index contributed by atoms with van der Waals surface area (Å²) in [6, 6.07) is 10.2. The van der Waals surface area contributed by atoms with Gasteiger partial charge in [-0.1, -0.05) is 30.3 Å². The molecule has 1 amide bonds. The van der Waals surface area contributed by atoms with E-state index in [1.807, 2.05) is 30.3 Å². The Morgan fingerprint density at radius 2 is 2.05 bits per heavy atom. The highest BCUT2D eigenvalue weighted by atomic mass is 16.4. The lowest BCUT2D eigenvalue weighted by molar-refractivity contribution is -0.139. The maximum atomic E-state index is 11.9. The third-order valence-electron chi connectivity index (χ3n) is 3.11. The standard InChI is InChI=1S/C15H17N3O3/c1-10-9-13(18-17-10)14(19)16-12(15(20)21)8-7-11-5-3-2-4-6-11/h2-6,9,12H,7-8H2,1H3,(H,16,19)(H,17,18)(H,20,21). The fraction of sp³-hybridized carbons (Fsp3) is 0.267. The van der Waals surface area contributed by atoms with E-state index in [9.17, 15) is 14.7 Å². The Morgan fingerprint density at radius 1 is 1.33 bits per heavy atom. The number of nitrogens with zero attached hydrogens (tertiary/aromatic N) is 1. The molecule has 0 spiro atoms. The number of aryl methyl sites for hydroxylation is 2. The van der Waals surface area contributed by atoms with E-state index >= 15 is 0 Å². The van der Waals surface area contributed by atoms with Gasteiger partial charge in [0.2, 0.25) is 0 Å². The van der Waals surface area contributed by atoms with Crippen molar-refractivity contribution in [2.75, 3.05) is 0 Å².